The number of aryl methyl sites for hydroxylation is 1. The molecule has 0 unspecified atom stereocenters. The molecule has 0 bridgehead atoms. The van der Waals surface area contributed by atoms with Gasteiger partial charge in [0.25, 0.3) is 0 Å². The van der Waals surface area contributed by atoms with Gasteiger partial charge in [-0.3, -0.25) is 0 Å². The van der Waals surface area contributed by atoms with Gasteiger partial charge in [-0.2, -0.15) is 18.0 Å². The van der Waals surface area contributed by atoms with Crippen LogP contribution in [0.5, 0.6) is 5.75 Å². The molecule has 0 aliphatic carbocycles. The van der Waals surface area contributed by atoms with Crippen molar-refractivity contribution in [3.8, 4) is 11.4 Å². The van der Waals surface area contributed by atoms with Gasteiger partial charge in [0, 0.05) is 11.0 Å². The van der Waals surface area contributed by atoms with Crippen molar-refractivity contribution < 1.29 is 18.3 Å². The van der Waals surface area contributed by atoms with Crippen LogP contribution in [-0.4, -0.2) is 20.1 Å². The van der Waals surface area contributed by atoms with Crippen LogP contribution in [0.3, 0.4) is 0 Å². The normalized spacial score (nSPS) is 12.4. The Bertz CT molecular complexity index is 1370. The fourth-order valence-corrected chi connectivity index (χ4v) is 5.15. The second-order valence-corrected chi connectivity index (χ2v) is 10.5. The molecule has 4 rings (SSSR count). The molecular weight excluding hydrogens is 487 g/mol. The van der Waals surface area contributed by atoms with Crippen LogP contribution in [0.2, 0.25) is 0 Å². The Balaban J connectivity index is 1.67. The van der Waals surface area contributed by atoms with Gasteiger partial charge in [0.1, 0.15) is 16.8 Å². The third-order valence-corrected chi connectivity index (χ3v) is 7.33. The van der Waals surface area contributed by atoms with Gasteiger partial charge < -0.3 is 5.11 Å². The van der Waals surface area contributed by atoms with E-state index in [0.717, 1.165) is 48.1 Å². The van der Waals surface area contributed by atoms with Crippen LogP contribution in [0.4, 0.5) is 13.2 Å². The number of aromatic nitrogens is 3. The molecule has 38 heavy (non-hydrogen) atoms. The Morgan fingerprint density at radius 2 is 1.45 bits per heavy atom. The SMILES string of the molecule is CCCCCCCCCc1cc(-n2nc3ccc(C(F)(F)F)cc3n2)ccc1C(C)(C)c1ccccc1O. The monoisotopic (exact) mass is 523 g/mol. The number of unbranched alkanes of at least 4 members (excludes halogenated alkanes) is 6. The van der Waals surface area contributed by atoms with Crippen LogP contribution in [0.15, 0.2) is 60.7 Å². The number of aromatic hydroxyl groups is 1. The molecule has 0 saturated carbocycles. The molecule has 0 radical (unpaired) electrons. The summed E-state index contributed by atoms with van der Waals surface area (Å²) in [5.41, 5.74) is 3.19. The number of phenols is 1. The van der Waals surface area contributed by atoms with E-state index in [0.29, 0.717) is 11.2 Å². The van der Waals surface area contributed by atoms with Crippen molar-refractivity contribution in [2.75, 3.05) is 0 Å². The number of rotatable bonds is 11. The summed E-state index contributed by atoms with van der Waals surface area (Å²) < 4.78 is 39.6. The molecule has 0 aliphatic heterocycles. The molecule has 3 aromatic carbocycles. The van der Waals surface area contributed by atoms with Crippen molar-refractivity contribution in [3.63, 3.8) is 0 Å². The van der Waals surface area contributed by atoms with E-state index in [9.17, 15) is 18.3 Å². The predicted molar refractivity (Wildman–Crippen MR) is 146 cm³/mol. The van der Waals surface area contributed by atoms with E-state index in [2.05, 4.69) is 31.0 Å². The molecule has 1 N–H and O–H groups in total. The van der Waals surface area contributed by atoms with Gasteiger partial charge in [-0.25, -0.2) is 0 Å². The number of phenolic OH excluding ortho intramolecular Hbond substituents is 1. The van der Waals surface area contributed by atoms with Crippen molar-refractivity contribution in [1.29, 1.82) is 0 Å². The summed E-state index contributed by atoms with van der Waals surface area (Å²) in [6.07, 6.45) is 4.80. The Morgan fingerprint density at radius 3 is 2.16 bits per heavy atom. The molecule has 0 aliphatic rings. The minimum absolute atomic E-state index is 0.201. The van der Waals surface area contributed by atoms with Crippen molar-refractivity contribution >= 4 is 11.0 Å². The summed E-state index contributed by atoms with van der Waals surface area (Å²) in [4.78, 5) is 1.41. The Labute approximate surface area is 222 Å². The number of benzene rings is 3. The number of fused-ring (bicyclic) bond motifs is 1. The minimum Gasteiger partial charge on any atom is -0.508 e. The largest absolute Gasteiger partial charge is 0.508 e. The molecule has 0 spiro atoms. The fraction of sp³-hybridized carbons (Fsp3) is 0.419. The van der Waals surface area contributed by atoms with E-state index in [4.69, 9.17) is 0 Å². The highest BCUT2D eigenvalue weighted by molar-refractivity contribution is 5.75. The standard InChI is InChI=1S/C31H36F3N3O/c1-4-5-6-7-8-9-10-13-22-20-24(17-18-25(22)30(2,3)26-14-11-12-15-29(26)38)37-35-27-19-16-23(31(32,33)34)21-28(27)36-37/h11-12,14-21,38H,4-10,13H2,1-3H3. The van der Waals surface area contributed by atoms with Gasteiger partial charge in [-0.15, -0.1) is 10.2 Å². The molecular formula is C31H36F3N3O. The molecule has 1 aromatic heterocycles. The van der Waals surface area contributed by atoms with Gasteiger partial charge in [-0.1, -0.05) is 83.6 Å². The number of hydrogen-bond donors (Lipinski definition) is 1. The van der Waals surface area contributed by atoms with Crippen LogP contribution in [0, 0.1) is 0 Å². The molecule has 1 heterocycles. The topological polar surface area (TPSA) is 50.9 Å². The first-order valence-electron chi connectivity index (χ1n) is 13.5. The van der Waals surface area contributed by atoms with Crippen molar-refractivity contribution in [2.45, 2.75) is 83.7 Å². The number of alkyl halides is 3. The number of nitrogens with zero attached hydrogens (tertiary/aromatic N) is 3. The molecule has 202 valence electrons. The first-order chi connectivity index (χ1) is 18.1. The highest BCUT2D eigenvalue weighted by atomic mass is 19.4. The molecule has 0 amide bonds. The zero-order valence-corrected chi connectivity index (χ0v) is 22.4. The van der Waals surface area contributed by atoms with Gasteiger partial charge in [0.2, 0.25) is 0 Å². The van der Waals surface area contributed by atoms with Crippen LogP contribution >= 0.6 is 0 Å². The fourth-order valence-electron chi connectivity index (χ4n) is 5.15. The number of hydrogen-bond acceptors (Lipinski definition) is 3. The van der Waals surface area contributed by atoms with Gasteiger partial charge in [0.15, 0.2) is 0 Å². The van der Waals surface area contributed by atoms with Crippen molar-refractivity contribution in [3.05, 3.63) is 82.9 Å². The molecule has 0 saturated heterocycles. The maximum Gasteiger partial charge on any atom is 0.416 e. The van der Waals surface area contributed by atoms with Crippen molar-refractivity contribution in [1.82, 2.24) is 15.0 Å². The summed E-state index contributed by atoms with van der Waals surface area (Å²) in [6, 6.07) is 16.8. The van der Waals surface area contributed by atoms with Gasteiger partial charge in [-0.05, 0) is 60.4 Å². The lowest BCUT2D eigenvalue weighted by molar-refractivity contribution is -0.137. The van der Waals surface area contributed by atoms with Gasteiger partial charge in [0.05, 0.1) is 11.3 Å². The summed E-state index contributed by atoms with van der Waals surface area (Å²) in [5, 5.41) is 19.4. The van der Waals surface area contributed by atoms with E-state index in [-0.39, 0.29) is 11.3 Å². The molecule has 0 atom stereocenters. The highest BCUT2D eigenvalue weighted by Gasteiger charge is 2.31. The Hall–Kier alpha value is -3.35. The Kier molecular flexibility index (Phi) is 8.44. The quantitative estimate of drug-likeness (QED) is 0.200. The highest BCUT2D eigenvalue weighted by Crippen LogP contribution is 2.39. The third-order valence-electron chi connectivity index (χ3n) is 7.33. The number of halogens is 3. The predicted octanol–water partition coefficient (Wildman–Crippen LogP) is 8.76. The number of para-hydroxylation sites is 1. The van der Waals surface area contributed by atoms with E-state index in [1.54, 1.807) is 6.07 Å². The molecule has 4 aromatic rings. The lowest BCUT2D eigenvalue weighted by atomic mass is 9.75. The van der Waals surface area contributed by atoms with Crippen molar-refractivity contribution in [2.24, 2.45) is 0 Å². The Morgan fingerprint density at radius 1 is 0.763 bits per heavy atom. The first-order valence-corrected chi connectivity index (χ1v) is 13.5. The van der Waals surface area contributed by atoms with Crippen LogP contribution in [0.25, 0.3) is 16.7 Å². The average molecular weight is 524 g/mol. The van der Waals surface area contributed by atoms with E-state index in [1.807, 2.05) is 36.4 Å². The van der Waals surface area contributed by atoms with E-state index >= 15 is 0 Å². The summed E-state index contributed by atoms with van der Waals surface area (Å²) in [5.74, 6) is 0.254. The molecule has 4 nitrogen and oxygen atoms in total. The second kappa shape index (κ2) is 11.6. The third kappa shape index (κ3) is 6.20. The zero-order chi connectivity index (χ0) is 27.3. The zero-order valence-electron chi connectivity index (χ0n) is 22.4. The molecule has 0 fully saturated rings. The summed E-state index contributed by atoms with van der Waals surface area (Å²) >= 11 is 0. The van der Waals surface area contributed by atoms with Crippen LogP contribution < -0.4 is 0 Å². The summed E-state index contributed by atoms with van der Waals surface area (Å²) in [7, 11) is 0. The maximum absolute atomic E-state index is 13.2. The smallest absolute Gasteiger partial charge is 0.416 e. The minimum atomic E-state index is -4.43. The van der Waals surface area contributed by atoms with Crippen LogP contribution in [-0.2, 0) is 18.0 Å². The first kappa shape index (κ1) is 27.7. The molecule has 7 heteroatoms. The summed E-state index contributed by atoms with van der Waals surface area (Å²) in [6.45, 7) is 6.42. The van der Waals surface area contributed by atoms with E-state index < -0.39 is 17.2 Å². The lowest BCUT2D eigenvalue weighted by Gasteiger charge is -2.29. The van der Waals surface area contributed by atoms with E-state index in [1.165, 1.54) is 43.0 Å². The van der Waals surface area contributed by atoms with Crippen LogP contribution in [0.1, 0.15) is 88.0 Å². The lowest BCUT2D eigenvalue weighted by Crippen LogP contribution is -2.21. The average Bonchev–Trinajstić information content (AvgIpc) is 3.31. The second-order valence-electron chi connectivity index (χ2n) is 10.5. The maximum atomic E-state index is 13.2. The van der Waals surface area contributed by atoms with Gasteiger partial charge >= 0.3 is 6.18 Å².